The summed E-state index contributed by atoms with van der Waals surface area (Å²) in [7, 11) is 0. The van der Waals surface area contributed by atoms with Gasteiger partial charge >= 0.3 is 0 Å². The summed E-state index contributed by atoms with van der Waals surface area (Å²) >= 11 is 2.38. The van der Waals surface area contributed by atoms with Gasteiger partial charge in [-0.15, -0.1) is 0 Å². The van der Waals surface area contributed by atoms with Crippen LogP contribution in [0.3, 0.4) is 0 Å². The Hall–Kier alpha value is -0.130. The molecule has 3 atom stereocenters. The van der Waals surface area contributed by atoms with Crippen molar-refractivity contribution in [2.45, 2.75) is 51.2 Å². The Bertz CT molecular complexity index is 394. The highest BCUT2D eigenvalue weighted by atomic mass is 127. The van der Waals surface area contributed by atoms with Gasteiger partial charge in [0.05, 0.1) is 0 Å². The molecule has 0 radical (unpaired) electrons. The average molecular weight is 358 g/mol. The normalized spacial score (nSPS) is 26.4. The summed E-state index contributed by atoms with van der Waals surface area (Å²) in [6, 6.07) is 10.5. The molecule has 0 saturated carbocycles. The van der Waals surface area contributed by atoms with Crippen LogP contribution in [-0.4, -0.2) is 23.5 Å². The van der Waals surface area contributed by atoms with Crippen LogP contribution < -0.4 is 5.73 Å². The Labute approximate surface area is 124 Å². The molecule has 3 unspecified atom stereocenters. The third-order valence-corrected chi connectivity index (χ3v) is 4.81. The highest BCUT2D eigenvalue weighted by Crippen LogP contribution is 2.34. The van der Waals surface area contributed by atoms with Gasteiger partial charge in [-0.2, -0.15) is 0 Å². The lowest BCUT2D eigenvalue weighted by Crippen LogP contribution is -2.41. The summed E-state index contributed by atoms with van der Waals surface area (Å²) in [5.41, 5.74) is 7.44. The van der Waals surface area contributed by atoms with E-state index in [2.05, 4.69) is 65.6 Å². The number of halogens is 1. The Kier molecular flexibility index (Phi) is 5.04. The molecule has 0 aliphatic carbocycles. The number of hydrogen-bond acceptors (Lipinski definition) is 2. The van der Waals surface area contributed by atoms with E-state index in [1.165, 1.54) is 28.4 Å². The molecule has 1 aromatic rings. The van der Waals surface area contributed by atoms with Gasteiger partial charge in [0.2, 0.25) is 0 Å². The molecule has 0 bridgehead atoms. The van der Waals surface area contributed by atoms with Crippen LogP contribution in [0.15, 0.2) is 24.3 Å². The van der Waals surface area contributed by atoms with Crippen molar-refractivity contribution in [2.24, 2.45) is 5.73 Å². The van der Waals surface area contributed by atoms with E-state index in [1.54, 1.807) is 0 Å². The van der Waals surface area contributed by atoms with Crippen molar-refractivity contribution < 1.29 is 0 Å². The molecule has 1 aliphatic rings. The van der Waals surface area contributed by atoms with E-state index >= 15 is 0 Å². The van der Waals surface area contributed by atoms with Crippen LogP contribution >= 0.6 is 22.6 Å². The number of hydrogen-bond donors (Lipinski definition) is 1. The van der Waals surface area contributed by atoms with Crippen molar-refractivity contribution in [2.75, 3.05) is 6.54 Å². The molecule has 3 heteroatoms. The Morgan fingerprint density at radius 3 is 2.83 bits per heavy atom. The summed E-state index contributed by atoms with van der Waals surface area (Å²) in [5.74, 6) is 0. The Morgan fingerprint density at radius 1 is 1.44 bits per heavy atom. The molecule has 1 aliphatic heterocycles. The van der Waals surface area contributed by atoms with Gasteiger partial charge in [-0.25, -0.2) is 0 Å². The Morgan fingerprint density at radius 2 is 2.22 bits per heavy atom. The van der Waals surface area contributed by atoms with Crippen molar-refractivity contribution in [3.63, 3.8) is 0 Å². The third-order valence-electron chi connectivity index (χ3n) is 4.14. The number of likely N-dealkylation sites (tertiary alicyclic amines) is 1. The van der Waals surface area contributed by atoms with Crippen LogP contribution in [0.2, 0.25) is 0 Å². The number of rotatable bonds is 4. The molecule has 1 saturated heterocycles. The SMILES string of the molecule is CCC1CCC(C)N1C(CN)c1cccc(I)c1. The molecule has 1 fully saturated rings. The summed E-state index contributed by atoms with van der Waals surface area (Å²) < 4.78 is 1.29. The second kappa shape index (κ2) is 6.35. The fourth-order valence-electron chi connectivity index (χ4n) is 3.21. The van der Waals surface area contributed by atoms with E-state index in [4.69, 9.17) is 5.73 Å². The van der Waals surface area contributed by atoms with Crippen LogP contribution in [0.4, 0.5) is 0 Å². The summed E-state index contributed by atoms with van der Waals surface area (Å²) in [4.78, 5) is 2.64. The van der Waals surface area contributed by atoms with Crippen LogP contribution in [0.1, 0.15) is 44.7 Å². The smallest absolute Gasteiger partial charge is 0.0476 e. The number of benzene rings is 1. The molecule has 1 heterocycles. The van der Waals surface area contributed by atoms with Crippen molar-refractivity contribution in [3.8, 4) is 0 Å². The van der Waals surface area contributed by atoms with Crippen LogP contribution in [0, 0.1) is 3.57 Å². The van der Waals surface area contributed by atoms with Gasteiger partial charge in [0.1, 0.15) is 0 Å². The minimum atomic E-state index is 0.377. The fourth-order valence-corrected chi connectivity index (χ4v) is 3.78. The maximum absolute atomic E-state index is 6.07. The second-order valence-electron chi connectivity index (χ2n) is 5.24. The molecule has 2 N–H and O–H groups in total. The quantitative estimate of drug-likeness (QED) is 0.834. The standard InChI is InChI=1S/C15H23IN2/c1-3-14-8-7-11(2)18(14)15(10-17)12-5-4-6-13(16)9-12/h4-6,9,11,14-15H,3,7-8,10,17H2,1-2H3. The van der Waals surface area contributed by atoms with E-state index < -0.39 is 0 Å². The molecule has 0 spiro atoms. The summed E-state index contributed by atoms with van der Waals surface area (Å²) in [6.07, 6.45) is 3.85. The van der Waals surface area contributed by atoms with Crippen LogP contribution in [-0.2, 0) is 0 Å². The lowest BCUT2D eigenvalue weighted by atomic mass is 10.0. The first-order chi connectivity index (χ1) is 8.67. The number of nitrogens with two attached hydrogens (primary N) is 1. The van der Waals surface area contributed by atoms with Crippen molar-refractivity contribution >= 4 is 22.6 Å². The van der Waals surface area contributed by atoms with Gasteiger partial charge in [-0.1, -0.05) is 19.1 Å². The predicted octanol–water partition coefficient (Wildman–Crippen LogP) is 3.55. The highest BCUT2D eigenvalue weighted by molar-refractivity contribution is 14.1. The number of nitrogens with zero attached hydrogens (tertiary/aromatic N) is 1. The van der Waals surface area contributed by atoms with Crippen molar-refractivity contribution in [3.05, 3.63) is 33.4 Å². The average Bonchev–Trinajstić information content (AvgIpc) is 2.72. The zero-order valence-corrected chi connectivity index (χ0v) is 13.4. The maximum atomic E-state index is 6.07. The van der Waals surface area contributed by atoms with E-state index in [-0.39, 0.29) is 0 Å². The monoisotopic (exact) mass is 358 g/mol. The van der Waals surface area contributed by atoms with Gasteiger partial charge in [0, 0.05) is 28.2 Å². The lowest BCUT2D eigenvalue weighted by Gasteiger charge is -2.35. The van der Waals surface area contributed by atoms with Gasteiger partial charge in [0.15, 0.2) is 0 Å². The van der Waals surface area contributed by atoms with E-state index in [1.807, 2.05) is 0 Å². The third kappa shape index (κ3) is 2.89. The summed E-state index contributed by atoms with van der Waals surface area (Å²) in [5, 5.41) is 0. The second-order valence-corrected chi connectivity index (χ2v) is 6.49. The molecule has 0 aromatic heterocycles. The van der Waals surface area contributed by atoms with Gasteiger partial charge in [-0.3, -0.25) is 4.90 Å². The highest BCUT2D eigenvalue weighted by Gasteiger charge is 2.34. The first-order valence-corrected chi connectivity index (χ1v) is 7.98. The lowest BCUT2D eigenvalue weighted by molar-refractivity contribution is 0.137. The fraction of sp³-hybridized carbons (Fsp3) is 0.600. The molecule has 1 aromatic carbocycles. The first-order valence-electron chi connectivity index (χ1n) is 6.90. The topological polar surface area (TPSA) is 29.3 Å². The van der Waals surface area contributed by atoms with E-state index in [0.717, 1.165) is 0 Å². The molecule has 100 valence electrons. The maximum Gasteiger partial charge on any atom is 0.0476 e. The molecular formula is C15H23IN2. The first kappa shape index (κ1) is 14.3. The molecule has 18 heavy (non-hydrogen) atoms. The minimum Gasteiger partial charge on any atom is -0.329 e. The largest absolute Gasteiger partial charge is 0.329 e. The zero-order chi connectivity index (χ0) is 13.1. The van der Waals surface area contributed by atoms with Gasteiger partial charge in [-0.05, 0) is 66.5 Å². The van der Waals surface area contributed by atoms with E-state index in [9.17, 15) is 0 Å². The minimum absolute atomic E-state index is 0.377. The van der Waals surface area contributed by atoms with Gasteiger partial charge in [0.25, 0.3) is 0 Å². The molecule has 2 nitrogen and oxygen atoms in total. The zero-order valence-electron chi connectivity index (χ0n) is 11.3. The van der Waals surface area contributed by atoms with Crippen LogP contribution in [0.25, 0.3) is 0 Å². The molecule has 2 rings (SSSR count). The Balaban J connectivity index is 2.27. The molecular weight excluding hydrogens is 335 g/mol. The van der Waals surface area contributed by atoms with Gasteiger partial charge < -0.3 is 5.73 Å². The van der Waals surface area contributed by atoms with Crippen molar-refractivity contribution in [1.29, 1.82) is 0 Å². The van der Waals surface area contributed by atoms with E-state index in [0.29, 0.717) is 24.7 Å². The molecule has 0 amide bonds. The van der Waals surface area contributed by atoms with Crippen LogP contribution in [0.5, 0.6) is 0 Å². The van der Waals surface area contributed by atoms with Crippen molar-refractivity contribution in [1.82, 2.24) is 4.90 Å². The summed E-state index contributed by atoms with van der Waals surface area (Å²) in [6.45, 7) is 5.34. The predicted molar refractivity (Wildman–Crippen MR) is 85.6 cm³/mol.